The summed E-state index contributed by atoms with van der Waals surface area (Å²) in [5, 5.41) is 6.23. The number of carbonyl (C=O) groups is 1. The predicted molar refractivity (Wildman–Crippen MR) is 90.7 cm³/mol. The Morgan fingerprint density at radius 3 is 3.21 bits per heavy atom. The lowest BCUT2D eigenvalue weighted by molar-refractivity contribution is -0.133. The summed E-state index contributed by atoms with van der Waals surface area (Å²) in [6.07, 6.45) is 3.70. The molecule has 1 fully saturated rings. The zero-order valence-corrected chi connectivity index (χ0v) is 14.7. The zero-order chi connectivity index (χ0) is 16.5. The molecule has 0 spiro atoms. The summed E-state index contributed by atoms with van der Waals surface area (Å²) in [6, 6.07) is 2.16. The zero-order valence-electron chi connectivity index (χ0n) is 13.9. The molecule has 0 aromatic carbocycles. The molecular weight excluding hydrogens is 324 g/mol. The minimum absolute atomic E-state index is 0.0250. The predicted octanol–water partition coefficient (Wildman–Crippen LogP) is 2.42. The molecule has 0 radical (unpaired) electrons. The van der Waals surface area contributed by atoms with Gasteiger partial charge in [0.2, 0.25) is 11.8 Å². The van der Waals surface area contributed by atoms with Gasteiger partial charge in [0.15, 0.2) is 5.82 Å². The molecule has 6 nitrogen and oxygen atoms in total. The maximum Gasteiger partial charge on any atom is 0.237 e. The van der Waals surface area contributed by atoms with Crippen LogP contribution in [-0.4, -0.2) is 45.5 Å². The second-order valence-electron chi connectivity index (χ2n) is 6.47. The first-order valence-corrected chi connectivity index (χ1v) is 9.52. The number of hydrogen-bond acceptors (Lipinski definition) is 6. The van der Waals surface area contributed by atoms with Gasteiger partial charge in [-0.25, -0.2) is 0 Å². The van der Waals surface area contributed by atoms with Crippen LogP contribution in [0.5, 0.6) is 0 Å². The van der Waals surface area contributed by atoms with Crippen molar-refractivity contribution in [3.8, 4) is 0 Å². The van der Waals surface area contributed by atoms with Crippen molar-refractivity contribution in [2.24, 2.45) is 0 Å². The molecular formula is C17H22N4O2S. The van der Waals surface area contributed by atoms with E-state index in [9.17, 15) is 4.79 Å². The largest absolute Gasteiger partial charge is 0.339 e. The second-order valence-corrected chi connectivity index (χ2v) is 7.48. The standard InChI is InChI=1S/C17H22N4O2S/c1-2-15-18-17(19-23-15)13-4-3-7-21(13)16(22)11-20-8-5-14-12(10-20)6-9-24-14/h6,9,13H,2-5,7-8,10-11H2,1H3/t13-/m0/s1. The number of carbonyl (C=O) groups excluding carboxylic acids is 1. The van der Waals surface area contributed by atoms with E-state index in [1.54, 1.807) is 0 Å². The first-order chi connectivity index (χ1) is 11.7. The van der Waals surface area contributed by atoms with Crippen LogP contribution in [0.1, 0.15) is 48.0 Å². The van der Waals surface area contributed by atoms with Gasteiger partial charge >= 0.3 is 0 Å². The smallest absolute Gasteiger partial charge is 0.237 e. The Morgan fingerprint density at radius 1 is 1.46 bits per heavy atom. The molecule has 0 N–H and O–H groups in total. The molecule has 0 bridgehead atoms. The van der Waals surface area contributed by atoms with Gasteiger partial charge in [0.25, 0.3) is 0 Å². The highest BCUT2D eigenvalue weighted by Gasteiger charge is 2.34. The van der Waals surface area contributed by atoms with E-state index >= 15 is 0 Å². The minimum Gasteiger partial charge on any atom is -0.339 e. The molecule has 2 aliphatic heterocycles. The van der Waals surface area contributed by atoms with Gasteiger partial charge in [-0.05, 0) is 36.3 Å². The Bertz CT molecular complexity index is 726. The highest BCUT2D eigenvalue weighted by atomic mass is 32.1. The number of fused-ring (bicyclic) bond motifs is 1. The number of aromatic nitrogens is 2. The van der Waals surface area contributed by atoms with E-state index in [1.807, 2.05) is 23.2 Å². The fourth-order valence-corrected chi connectivity index (χ4v) is 4.49. The molecule has 1 amide bonds. The Kier molecular flexibility index (Phi) is 4.37. The maximum absolute atomic E-state index is 12.8. The van der Waals surface area contributed by atoms with Crippen molar-refractivity contribution in [1.82, 2.24) is 19.9 Å². The lowest BCUT2D eigenvalue weighted by Crippen LogP contribution is -2.41. The van der Waals surface area contributed by atoms with E-state index in [0.29, 0.717) is 18.3 Å². The molecule has 128 valence electrons. The fourth-order valence-electron chi connectivity index (χ4n) is 3.60. The highest BCUT2D eigenvalue weighted by molar-refractivity contribution is 7.10. The van der Waals surface area contributed by atoms with Crippen LogP contribution in [0.2, 0.25) is 0 Å². The molecule has 2 aromatic heterocycles. The topological polar surface area (TPSA) is 62.5 Å². The summed E-state index contributed by atoms with van der Waals surface area (Å²) in [7, 11) is 0. The van der Waals surface area contributed by atoms with Crippen LogP contribution < -0.4 is 0 Å². The molecule has 24 heavy (non-hydrogen) atoms. The average molecular weight is 346 g/mol. The number of rotatable bonds is 4. The molecule has 0 aliphatic carbocycles. The van der Waals surface area contributed by atoms with Gasteiger partial charge in [0.1, 0.15) is 0 Å². The molecule has 0 unspecified atom stereocenters. The van der Waals surface area contributed by atoms with E-state index in [1.165, 1.54) is 10.4 Å². The Balaban J connectivity index is 1.42. The van der Waals surface area contributed by atoms with E-state index in [4.69, 9.17) is 4.52 Å². The van der Waals surface area contributed by atoms with Crippen LogP contribution in [-0.2, 0) is 24.2 Å². The second kappa shape index (κ2) is 6.64. The van der Waals surface area contributed by atoms with Crippen LogP contribution in [0, 0.1) is 0 Å². The van der Waals surface area contributed by atoms with Crippen molar-refractivity contribution in [1.29, 1.82) is 0 Å². The first kappa shape index (κ1) is 15.8. The number of aryl methyl sites for hydroxylation is 1. The molecule has 2 aliphatic rings. The van der Waals surface area contributed by atoms with Gasteiger partial charge < -0.3 is 9.42 Å². The molecule has 4 heterocycles. The minimum atomic E-state index is -0.0250. The van der Waals surface area contributed by atoms with Crippen molar-refractivity contribution >= 4 is 17.2 Å². The van der Waals surface area contributed by atoms with Gasteiger partial charge in [0.05, 0.1) is 12.6 Å². The molecule has 1 saturated heterocycles. The number of thiophene rings is 1. The van der Waals surface area contributed by atoms with Gasteiger partial charge in [0, 0.05) is 30.9 Å². The van der Waals surface area contributed by atoms with Crippen LogP contribution in [0.4, 0.5) is 0 Å². The van der Waals surface area contributed by atoms with Crippen molar-refractivity contribution in [2.45, 2.75) is 45.2 Å². The van der Waals surface area contributed by atoms with Crippen LogP contribution in [0.25, 0.3) is 0 Å². The Hall–Kier alpha value is -1.73. The highest BCUT2D eigenvalue weighted by Crippen LogP contribution is 2.31. The van der Waals surface area contributed by atoms with Crippen LogP contribution >= 0.6 is 11.3 Å². The number of hydrogen-bond donors (Lipinski definition) is 0. The van der Waals surface area contributed by atoms with Crippen molar-refractivity contribution in [3.63, 3.8) is 0 Å². The first-order valence-electron chi connectivity index (χ1n) is 8.64. The van der Waals surface area contributed by atoms with E-state index in [2.05, 4.69) is 26.5 Å². The van der Waals surface area contributed by atoms with Gasteiger partial charge in [-0.15, -0.1) is 11.3 Å². The number of likely N-dealkylation sites (tertiary alicyclic amines) is 1. The lowest BCUT2D eigenvalue weighted by Gasteiger charge is -2.29. The third kappa shape index (κ3) is 2.98. The van der Waals surface area contributed by atoms with Gasteiger partial charge in [-0.1, -0.05) is 12.1 Å². The molecule has 0 saturated carbocycles. The quantitative estimate of drug-likeness (QED) is 0.851. The summed E-state index contributed by atoms with van der Waals surface area (Å²) in [4.78, 5) is 22.9. The summed E-state index contributed by atoms with van der Waals surface area (Å²) in [5.74, 6) is 1.49. The molecule has 7 heteroatoms. The van der Waals surface area contributed by atoms with Gasteiger partial charge in [-0.2, -0.15) is 4.98 Å². The summed E-state index contributed by atoms with van der Waals surface area (Å²) >= 11 is 1.82. The Morgan fingerprint density at radius 2 is 2.38 bits per heavy atom. The van der Waals surface area contributed by atoms with Crippen LogP contribution in [0.15, 0.2) is 16.0 Å². The Labute approximate surface area is 145 Å². The summed E-state index contributed by atoms with van der Waals surface area (Å²) in [6.45, 7) is 5.09. The third-order valence-electron chi connectivity index (χ3n) is 4.90. The molecule has 1 atom stereocenters. The van der Waals surface area contributed by atoms with Crippen molar-refractivity contribution < 1.29 is 9.32 Å². The van der Waals surface area contributed by atoms with Crippen molar-refractivity contribution in [3.05, 3.63) is 33.6 Å². The normalized spacial score (nSPS) is 21.2. The van der Waals surface area contributed by atoms with Crippen molar-refractivity contribution in [2.75, 3.05) is 19.6 Å². The van der Waals surface area contributed by atoms with E-state index in [-0.39, 0.29) is 11.9 Å². The number of nitrogens with zero attached hydrogens (tertiary/aromatic N) is 4. The number of amides is 1. The maximum atomic E-state index is 12.8. The summed E-state index contributed by atoms with van der Waals surface area (Å²) in [5.41, 5.74) is 1.38. The summed E-state index contributed by atoms with van der Waals surface area (Å²) < 4.78 is 5.23. The van der Waals surface area contributed by atoms with E-state index < -0.39 is 0 Å². The fraction of sp³-hybridized carbons (Fsp3) is 0.588. The monoisotopic (exact) mass is 346 g/mol. The van der Waals surface area contributed by atoms with Gasteiger partial charge in [-0.3, -0.25) is 9.69 Å². The molecule has 2 aromatic rings. The molecule has 4 rings (SSSR count). The average Bonchev–Trinajstić information content (AvgIpc) is 3.32. The van der Waals surface area contributed by atoms with E-state index in [0.717, 1.165) is 45.3 Å². The SMILES string of the molecule is CCc1nc([C@@H]2CCCN2C(=O)CN2CCc3sccc3C2)no1. The van der Waals surface area contributed by atoms with Crippen LogP contribution in [0.3, 0.4) is 0 Å². The lowest BCUT2D eigenvalue weighted by atomic mass is 10.1. The third-order valence-corrected chi connectivity index (χ3v) is 5.93.